The smallest absolute Gasteiger partial charge is 0.133 e. The molecule has 0 spiro atoms. The van der Waals surface area contributed by atoms with Gasteiger partial charge in [-0.15, -0.1) is 11.3 Å². The molecule has 2 heterocycles. The van der Waals surface area contributed by atoms with Gasteiger partial charge in [0.2, 0.25) is 0 Å². The van der Waals surface area contributed by atoms with Gasteiger partial charge in [0.1, 0.15) is 11.6 Å². The van der Waals surface area contributed by atoms with Crippen LogP contribution in [-0.4, -0.2) is 16.5 Å². The first-order valence-corrected chi connectivity index (χ1v) is 7.71. The molecule has 0 aliphatic carbocycles. The molecule has 4 heteroatoms. The predicted molar refractivity (Wildman–Crippen MR) is 83.0 cm³/mol. The molecule has 1 N–H and O–H groups in total. The molecule has 0 saturated carbocycles. The summed E-state index contributed by atoms with van der Waals surface area (Å²) in [5, 5.41) is 5.53. The highest BCUT2D eigenvalue weighted by molar-refractivity contribution is 7.13. The van der Waals surface area contributed by atoms with Gasteiger partial charge in [0.15, 0.2) is 0 Å². The lowest BCUT2D eigenvalue weighted by molar-refractivity contribution is 0.911. The van der Waals surface area contributed by atoms with Crippen molar-refractivity contribution >= 4 is 17.2 Å². The molecule has 0 bridgehead atoms. The average molecular weight is 275 g/mol. The van der Waals surface area contributed by atoms with Crippen LogP contribution in [0.5, 0.6) is 0 Å². The second-order valence-electron chi connectivity index (χ2n) is 4.68. The van der Waals surface area contributed by atoms with Crippen LogP contribution < -0.4 is 5.32 Å². The minimum absolute atomic E-state index is 0.860. The van der Waals surface area contributed by atoms with Crippen molar-refractivity contribution in [2.24, 2.45) is 0 Å². The van der Waals surface area contributed by atoms with Crippen LogP contribution in [0, 0.1) is 13.8 Å². The normalized spacial score (nSPS) is 10.7. The van der Waals surface area contributed by atoms with Crippen LogP contribution in [0.4, 0.5) is 5.82 Å². The molecule has 0 aromatic carbocycles. The van der Waals surface area contributed by atoms with Gasteiger partial charge in [0, 0.05) is 18.5 Å². The molecule has 2 aromatic rings. The molecule has 102 valence electrons. The Morgan fingerprint density at radius 2 is 2.00 bits per heavy atom. The summed E-state index contributed by atoms with van der Waals surface area (Å²) in [6.45, 7) is 9.45. The van der Waals surface area contributed by atoms with Gasteiger partial charge >= 0.3 is 0 Å². The van der Waals surface area contributed by atoms with Crippen LogP contribution >= 0.6 is 11.3 Å². The zero-order valence-corrected chi connectivity index (χ0v) is 12.9. The van der Waals surface area contributed by atoms with Crippen molar-refractivity contribution in [1.82, 2.24) is 9.97 Å². The van der Waals surface area contributed by atoms with E-state index in [-0.39, 0.29) is 0 Å². The quantitative estimate of drug-likeness (QED) is 0.888. The summed E-state index contributed by atoms with van der Waals surface area (Å²) in [7, 11) is 0. The topological polar surface area (TPSA) is 37.8 Å². The number of anilines is 1. The van der Waals surface area contributed by atoms with E-state index >= 15 is 0 Å². The van der Waals surface area contributed by atoms with Crippen molar-refractivity contribution in [3.8, 4) is 10.6 Å². The Morgan fingerprint density at radius 3 is 2.58 bits per heavy atom. The highest BCUT2D eigenvalue weighted by atomic mass is 32.1. The summed E-state index contributed by atoms with van der Waals surface area (Å²) in [4.78, 5) is 10.6. The molecule has 0 aliphatic rings. The fraction of sp³-hybridized carbons (Fsp3) is 0.467. The maximum absolute atomic E-state index is 4.72. The number of nitrogens with zero attached hydrogens (tertiary/aromatic N) is 2. The van der Waals surface area contributed by atoms with Gasteiger partial charge in [-0.3, -0.25) is 0 Å². The van der Waals surface area contributed by atoms with E-state index in [1.54, 1.807) is 11.3 Å². The predicted octanol–water partition coefficient (Wildman–Crippen LogP) is 4.21. The molecular formula is C15H21N3S. The number of thiophene rings is 1. The largest absolute Gasteiger partial charge is 0.370 e. The first kappa shape index (κ1) is 14.0. The summed E-state index contributed by atoms with van der Waals surface area (Å²) >= 11 is 1.75. The SMILES string of the molecule is CCCNc1nc(CC)nc(-c2sccc2C)c1C. The van der Waals surface area contributed by atoms with Gasteiger partial charge in [-0.2, -0.15) is 0 Å². The maximum atomic E-state index is 4.72. The minimum Gasteiger partial charge on any atom is -0.370 e. The maximum Gasteiger partial charge on any atom is 0.133 e. The molecule has 0 atom stereocenters. The van der Waals surface area contributed by atoms with E-state index in [0.29, 0.717) is 0 Å². The number of aryl methyl sites for hydroxylation is 2. The molecule has 0 unspecified atom stereocenters. The fourth-order valence-corrected chi connectivity index (χ4v) is 2.95. The number of hydrogen-bond acceptors (Lipinski definition) is 4. The molecule has 19 heavy (non-hydrogen) atoms. The fourth-order valence-electron chi connectivity index (χ4n) is 1.97. The van der Waals surface area contributed by atoms with Crippen LogP contribution in [0.15, 0.2) is 11.4 Å². The van der Waals surface area contributed by atoms with Crippen molar-refractivity contribution in [1.29, 1.82) is 0 Å². The van der Waals surface area contributed by atoms with Crippen LogP contribution in [0.1, 0.15) is 37.2 Å². The standard InChI is InChI=1S/C15H21N3S/c1-5-8-16-15-11(4)13(17-12(6-2)18-15)14-10(3)7-9-19-14/h7,9H,5-6,8H2,1-4H3,(H,16,17,18). The summed E-state index contributed by atoms with van der Waals surface area (Å²) in [6, 6.07) is 2.15. The Kier molecular flexibility index (Phi) is 4.53. The van der Waals surface area contributed by atoms with Crippen molar-refractivity contribution in [2.45, 2.75) is 40.5 Å². The van der Waals surface area contributed by atoms with E-state index in [2.05, 4.69) is 49.4 Å². The number of nitrogens with one attached hydrogen (secondary N) is 1. The van der Waals surface area contributed by atoms with Gasteiger partial charge in [-0.05, 0) is 37.3 Å². The van der Waals surface area contributed by atoms with Gasteiger partial charge in [0.25, 0.3) is 0 Å². The first-order chi connectivity index (χ1) is 9.17. The second-order valence-corrected chi connectivity index (χ2v) is 5.59. The lowest BCUT2D eigenvalue weighted by atomic mass is 10.1. The van der Waals surface area contributed by atoms with E-state index in [1.165, 1.54) is 10.4 Å². The monoisotopic (exact) mass is 275 g/mol. The van der Waals surface area contributed by atoms with Gasteiger partial charge in [-0.1, -0.05) is 13.8 Å². The molecule has 0 aliphatic heterocycles. The van der Waals surface area contributed by atoms with E-state index in [4.69, 9.17) is 4.98 Å². The molecule has 3 nitrogen and oxygen atoms in total. The van der Waals surface area contributed by atoms with Crippen LogP contribution in [-0.2, 0) is 6.42 Å². The van der Waals surface area contributed by atoms with Gasteiger partial charge in [-0.25, -0.2) is 9.97 Å². The summed E-state index contributed by atoms with van der Waals surface area (Å²) in [5.74, 6) is 1.89. The third kappa shape index (κ3) is 2.95. The lowest BCUT2D eigenvalue weighted by Gasteiger charge is -2.13. The van der Waals surface area contributed by atoms with E-state index in [9.17, 15) is 0 Å². The highest BCUT2D eigenvalue weighted by Gasteiger charge is 2.14. The van der Waals surface area contributed by atoms with E-state index in [0.717, 1.165) is 42.3 Å². The lowest BCUT2D eigenvalue weighted by Crippen LogP contribution is -2.08. The van der Waals surface area contributed by atoms with Crippen molar-refractivity contribution in [3.63, 3.8) is 0 Å². The zero-order valence-electron chi connectivity index (χ0n) is 12.1. The second kappa shape index (κ2) is 6.15. The Bertz CT molecular complexity index is 561. The summed E-state index contributed by atoms with van der Waals surface area (Å²) in [6.07, 6.45) is 1.96. The molecule has 0 radical (unpaired) electrons. The minimum atomic E-state index is 0.860. The third-order valence-corrected chi connectivity index (χ3v) is 4.15. The molecule has 0 amide bonds. The molecule has 0 fully saturated rings. The van der Waals surface area contributed by atoms with E-state index in [1.807, 2.05) is 0 Å². The van der Waals surface area contributed by atoms with Gasteiger partial charge < -0.3 is 5.32 Å². The Morgan fingerprint density at radius 1 is 1.21 bits per heavy atom. The van der Waals surface area contributed by atoms with Crippen molar-refractivity contribution in [2.75, 3.05) is 11.9 Å². The number of aromatic nitrogens is 2. The van der Waals surface area contributed by atoms with Crippen LogP contribution in [0.2, 0.25) is 0 Å². The number of rotatable bonds is 5. The Labute approximate surface area is 119 Å². The molecule has 0 saturated heterocycles. The molecular weight excluding hydrogens is 254 g/mol. The summed E-state index contributed by atoms with van der Waals surface area (Å²) < 4.78 is 0. The molecule has 2 rings (SSSR count). The number of hydrogen-bond donors (Lipinski definition) is 1. The van der Waals surface area contributed by atoms with Crippen molar-refractivity contribution in [3.05, 3.63) is 28.4 Å². The average Bonchev–Trinajstić information content (AvgIpc) is 2.84. The Hall–Kier alpha value is -1.42. The van der Waals surface area contributed by atoms with E-state index < -0.39 is 0 Å². The molecule has 2 aromatic heterocycles. The summed E-state index contributed by atoms with van der Waals surface area (Å²) in [5.41, 5.74) is 3.52. The van der Waals surface area contributed by atoms with Crippen LogP contribution in [0.25, 0.3) is 10.6 Å². The van der Waals surface area contributed by atoms with Crippen LogP contribution in [0.3, 0.4) is 0 Å². The first-order valence-electron chi connectivity index (χ1n) is 6.83. The highest BCUT2D eigenvalue weighted by Crippen LogP contribution is 2.32. The van der Waals surface area contributed by atoms with Crippen molar-refractivity contribution < 1.29 is 0 Å². The third-order valence-electron chi connectivity index (χ3n) is 3.13. The van der Waals surface area contributed by atoms with Gasteiger partial charge in [0.05, 0.1) is 10.6 Å². The Balaban J connectivity index is 2.50. The zero-order chi connectivity index (χ0) is 13.8.